The van der Waals surface area contributed by atoms with Crippen molar-refractivity contribution >= 4 is 5.97 Å². The van der Waals surface area contributed by atoms with Crippen molar-refractivity contribution in [2.45, 2.75) is 0 Å². The molecule has 0 amide bonds. The number of nitrogens with zero attached hydrogens (tertiary/aromatic N) is 3. The van der Waals surface area contributed by atoms with Crippen LogP contribution in [0.4, 0.5) is 0 Å². The van der Waals surface area contributed by atoms with Gasteiger partial charge >= 0.3 is 5.97 Å². The zero-order chi connectivity index (χ0) is 16.4. The fourth-order valence-corrected chi connectivity index (χ4v) is 2.05. The lowest BCUT2D eigenvalue weighted by molar-refractivity contribution is 0.0696. The predicted molar refractivity (Wildman–Crippen MR) is 80.9 cm³/mol. The van der Waals surface area contributed by atoms with Crippen LogP contribution in [0.15, 0.2) is 47.7 Å². The Morgan fingerprint density at radius 2 is 2.04 bits per heavy atom. The van der Waals surface area contributed by atoms with Crippen molar-refractivity contribution in [1.29, 1.82) is 0 Å². The zero-order valence-corrected chi connectivity index (χ0v) is 12.1. The summed E-state index contributed by atoms with van der Waals surface area (Å²) in [6, 6.07) is 6.22. The molecule has 2 N–H and O–H groups in total. The molecule has 0 aliphatic heterocycles. The Bertz CT molecular complexity index is 894. The van der Waals surface area contributed by atoms with Crippen molar-refractivity contribution in [3.63, 3.8) is 0 Å². The molecular weight excluding hydrogens is 300 g/mol. The fourth-order valence-electron chi connectivity index (χ4n) is 2.05. The zero-order valence-electron chi connectivity index (χ0n) is 12.1. The number of methoxy groups -OCH3 is 1. The van der Waals surface area contributed by atoms with E-state index in [4.69, 9.17) is 9.84 Å². The third-order valence-corrected chi connectivity index (χ3v) is 3.25. The highest BCUT2D eigenvalue weighted by molar-refractivity contribution is 5.87. The lowest BCUT2D eigenvalue weighted by atomic mass is 10.2. The van der Waals surface area contributed by atoms with Crippen LogP contribution in [0.1, 0.15) is 10.4 Å². The Hall–Kier alpha value is -3.42. The first kappa shape index (κ1) is 14.5. The predicted octanol–water partition coefficient (Wildman–Crippen LogP) is 1.33. The van der Waals surface area contributed by atoms with E-state index in [1.54, 1.807) is 18.3 Å². The highest BCUT2D eigenvalue weighted by Crippen LogP contribution is 2.17. The standard InChI is InChI=1S/C15H12N4O4/c1-23-13-5-3-9(6-17-13)11-8-18-19(14(11)20)12-4-2-10(7-16-12)15(21)22/h2-8,18H,1H3,(H,21,22). The van der Waals surface area contributed by atoms with E-state index in [0.717, 1.165) is 0 Å². The second-order valence-corrected chi connectivity index (χ2v) is 4.63. The van der Waals surface area contributed by atoms with Gasteiger partial charge in [-0.15, -0.1) is 0 Å². The van der Waals surface area contributed by atoms with Crippen LogP contribution in [-0.4, -0.2) is 37.9 Å². The number of hydrogen-bond acceptors (Lipinski definition) is 5. The molecule has 0 saturated heterocycles. The normalized spacial score (nSPS) is 10.5. The number of aromatic nitrogens is 4. The highest BCUT2D eigenvalue weighted by Gasteiger charge is 2.12. The monoisotopic (exact) mass is 312 g/mol. The maximum absolute atomic E-state index is 12.5. The van der Waals surface area contributed by atoms with Gasteiger partial charge in [0.1, 0.15) is 0 Å². The topological polar surface area (TPSA) is 110 Å². The number of aromatic carboxylic acids is 1. The molecule has 0 radical (unpaired) electrons. The Morgan fingerprint density at radius 1 is 1.22 bits per heavy atom. The summed E-state index contributed by atoms with van der Waals surface area (Å²) in [5.74, 6) is -0.323. The highest BCUT2D eigenvalue weighted by atomic mass is 16.5. The molecule has 0 aliphatic carbocycles. The summed E-state index contributed by atoms with van der Waals surface area (Å²) < 4.78 is 6.21. The van der Waals surface area contributed by atoms with E-state index in [-0.39, 0.29) is 11.1 Å². The van der Waals surface area contributed by atoms with E-state index in [9.17, 15) is 9.59 Å². The number of carboxylic acid groups (broad SMARTS) is 1. The van der Waals surface area contributed by atoms with Crippen molar-refractivity contribution in [3.05, 3.63) is 58.8 Å². The number of aromatic amines is 1. The number of hydrogen-bond donors (Lipinski definition) is 2. The van der Waals surface area contributed by atoms with E-state index in [1.807, 2.05) is 0 Å². The van der Waals surface area contributed by atoms with Crippen LogP contribution in [0.5, 0.6) is 5.88 Å². The van der Waals surface area contributed by atoms with Gasteiger partial charge in [-0.25, -0.2) is 19.4 Å². The quantitative estimate of drug-likeness (QED) is 0.752. The molecule has 0 aliphatic rings. The summed E-state index contributed by atoms with van der Waals surface area (Å²) in [5, 5.41) is 11.7. The third kappa shape index (κ3) is 2.69. The molecule has 0 fully saturated rings. The van der Waals surface area contributed by atoms with Crippen LogP contribution in [0.2, 0.25) is 0 Å². The number of pyridine rings is 2. The molecule has 23 heavy (non-hydrogen) atoms. The van der Waals surface area contributed by atoms with Crippen LogP contribution >= 0.6 is 0 Å². The lowest BCUT2D eigenvalue weighted by Crippen LogP contribution is -2.17. The molecule has 0 unspecified atom stereocenters. The van der Waals surface area contributed by atoms with Crippen LogP contribution in [0, 0.1) is 0 Å². The van der Waals surface area contributed by atoms with Gasteiger partial charge in [0.2, 0.25) is 5.88 Å². The number of carboxylic acids is 1. The summed E-state index contributed by atoms with van der Waals surface area (Å²) >= 11 is 0. The van der Waals surface area contributed by atoms with E-state index < -0.39 is 5.97 Å². The molecule has 0 spiro atoms. The number of ether oxygens (including phenoxy) is 1. The van der Waals surface area contributed by atoms with Gasteiger partial charge in [0.15, 0.2) is 5.82 Å². The van der Waals surface area contributed by atoms with Crippen molar-refractivity contribution in [2.75, 3.05) is 7.11 Å². The maximum Gasteiger partial charge on any atom is 0.337 e. The number of rotatable bonds is 4. The summed E-state index contributed by atoms with van der Waals surface area (Å²) in [6.45, 7) is 0. The van der Waals surface area contributed by atoms with Crippen LogP contribution < -0.4 is 10.3 Å². The third-order valence-electron chi connectivity index (χ3n) is 3.25. The molecule has 3 aromatic heterocycles. The first-order valence-electron chi connectivity index (χ1n) is 6.60. The summed E-state index contributed by atoms with van der Waals surface area (Å²) in [4.78, 5) is 31.3. The fraction of sp³-hybridized carbons (Fsp3) is 0.0667. The minimum atomic E-state index is -1.08. The van der Waals surface area contributed by atoms with Gasteiger partial charge in [-0.3, -0.25) is 9.89 Å². The molecule has 8 nitrogen and oxygen atoms in total. The SMILES string of the molecule is COc1ccc(-c2c[nH]n(-c3ccc(C(=O)O)cn3)c2=O)cn1. The molecule has 0 saturated carbocycles. The molecule has 0 aromatic carbocycles. The van der Waals surface area contributed by atoms with E-state index >= 15 is 0 Å². The molecule has 3 rings (SSSR count). The second-order valence-electron chi connectivity index (χ2n) is 4.63. The van der Waals surface area contributed by atoms with Gasteiger partial charge in [-0.05, 0) is 18.2 Å². The van der Waals surface area contributed by atoms with Gasteiger partial charge in [-0.1, -0.05) is 0 Å². The minimum Gasteiger partial charge on any atom is -0.481 e. The molecule has 3 heterocycles. The minimum absolute atomic E-state index is 0.0490. The number of H-pyrrole nitrogens is 1. The molecule has 0 bridgehead atoms. The molecule has 8 heteroatoms. The van der Waals surface area contributed by atoms with Crippen LogP contribution in [0.25, 0.3) is 16.9 Å². The number of carbonyl (C=O) groups is 1. The van der Waals surface area contributed by atoms with Crippen molar-refractivity contribution in [2.24, 2.45) is 0 Å². The molecule has 0 atom stereocenters. The smallest absolute Gasteiger partial charge is 0.337 e. The van der Waals surface area contributed by atoms with E-state index in [2.05, 4.69) is 15.1 Å². The van der Waals surface area contributed by atoms with Gasteiger partial charge in [0.25, 0.3) is 5.56 Å². The first-order chi connectivity index (χ1) is 11.1. The summed E-state index contributed by atoms with van der Waals surface area (Å²) in [6.07, 6.45) is 4.27. The van der Waals surface area contributed by atoms with E-state index in [1.165, 1.54) is 36.3 Å². The van der Waals surface area contributed by atoms with Crippen LogP contribution in [0.3, 0.4) is 0 Å². The first-order valence-corrected chi connectivity index (χ1v) is 6.60. The van der Waals surface area contributed by atoms with Gasteiger partial charge in [0.05, 0.1) is 18.2 Å². The Kier molecular flexibility index (Phi) is 3.63. The van der Waals surface area contributed by atoms with E-state index in [0.29, 0.717) is 22.8 Å². The lowest BCUT2D eigenvalue weighted by Gasteiger charge is -2.01. The average Bonchev–Trinajstić information content (AvgIpc) is 2.96. The Balaban J connectivity index is 1.98. The molecule has 3 aromatic rings. The van der Waals surface area contributed by atoms with Crippen LogP contribution in [-0.2, 0) is 0 Å². The Morgan fingerprint density at radius 3 is 2.61 bits per heavy atom. The maximum atomic E-state index is 12.5. The van der Waals surface area contributed by atoms with Gasteiger partial charge < -0.3 is 9.84 Å². The summed E-state index contributed by atoms with van der Waals surface area (Å²) in [5.41, 5.74) is 0.790. The summed E-state index contributed by atoms with van der Waals surface area (Å²) in [7, 11) is 1.51. The number of nitrogens with one attached hydrogen (secondary N) is 1. The molecular formula is C15H12N4O4. The Labute approximate surface area is 130 Å². The second kappa shape index (κ2) is 5.76. The van der Waals surface area contributed by atoms with Gasteiger partial charge in [-0.2, -0.15) is 0 Å². The van der Waals surface area contributed by atoms with Crippen molar-refractivity contribution in [3.8, 4) is 22.8 Å². The average molecular weight is 312 g/mol. The largest absolute Gasteiger partial charge is 0.481 e. The molecule has 116 valence electrons. The van der Waals surface area contributed by atoms with Crippen molar-refractivity contribution < 1.29 is 14.6 Å². The van der Waals surface area contributed by atoms with Crippen molar-refractivity contribution in [1.82, 2.24) is 19.7 Å². The van der Waals surface area contributed by atoms with Gasteiger partial charge in [0, 0.05) is 30.2 Å².